The summed E-state index contributed by atoms with van der Waals surface area (Å²) in [6.45, 7) is 0. The molecule has 4 heteroatoms. The molecule has 0 heterocycles. The summed E-state index contributed by atoms with van der Waals surface area (Å²) >= 11 is 5.86. The highest BCUT2D eigenvalue weighted by Crippen LogP contribution is 2.25. The quantitative estimate of drug-likeness (QED) is 0.776. The van der Waals surface area contributed by atoms with Crippen LogP contribution >= 0.6 is 31.9 Å². The van der Waals surface area contributed by atoms with E-state index in [2.05, 4.69) is 31.9 Å². The molecular formula is C12H6Br2O2. The molecule has 0 fully saturated rings. The maximum Gasteiger partial charge on any atom is 0.228 e. The molecule has 0 aliphatic carbocycles. The van der Waals surface area contributed by atoms with E-state index < -0.39 is 0 Å². The van der Waals surface area contributed by atoms with Crippen molar-refractivity contribution < 1.29 is 9.59 Å². The van der Waals surface area contributed by atoms with Gasteiger partial charge in [-0.1, -0.05) is 24.3 Å². The lowest BCUT2D eigenvalue weighted by Gasteiger charge is -2.05. The minimum Gasteiger partial charge on any atom is -0.281 e. The van der Waals surface area contributed by atoms with Crippen LogP contribution in [0.1, 0.15) is 20.7 Å². The molecule has 2 aromatic rings. The normalized spacial score (nSPS) is 10.4. The highest BCUT2D eigenvalue weighted by molar-refractivity contribution is 9.18. The third-order valence-electron chi connectivity index (χ3n) is 2.35. The second-order valence-corrected chi connectivity index (χ2v) is 4.69. The molecule has 0 saturated carbocycles. The molecule has 0 bridgehead atoms. The van der Waals surface area contributed by atoms with Crippen molar-refractivity contribution in [2.24, 2.45) is 0 Å². The first kappa shape index (κ1) is 11.5. The Hall–Kier alpha value is -1.00. The van der Waals surface area contributed by atoms with Gasteiger partial charge in [-0.2, -0.15) is 0 Å². The van der Waals surface area contributed by atoms with Gasteiger partial charge in [-0.05, 0) is 54.8 Å². The molecule has 0 atom stereocenters. The fourth-order valence-corrected chi connectivity index (χ4v) is 2.33. The van der Waals surface area contributed by atoms with Crippen LogP contribution in [0, 0.1) is 0 Å². The monoisotopic (exact) mass is 340 g/mol. The summed E-state index contributed by atoms with van der Waals surface area (Å²) in [5.41, 5.74) is 1.13. The van der Waals surface area contributed by atoms with E-state index in [1.807, 2.05) is 24.3 Å². The standard InChI is InChI=1S/C12H6Br2O2/c13-11(15)9-5-6-10(12(14)16)8-4-2-1-3-7(8)9/h1-6H. The highest BCUT2D eigenvalue weighted by Gasteiger charge is 2.12. The topological polar surface area (TPSA) is 34.1 Å². The van der Waals surface area contributed by atoms with Crippen molar-refractivity contribution in [1.82, 2.24) is 0 Å². The van der Waals surface area contributed by atoms with Crippen LogP contribution in [0.3, 0.4) is 0 Å². The number of fused-ring (bicyclic) bond motifs is 1. The van der Waals surface area contributed by atoms with Crippen LogP contribution in [-0.4, -0.2) is 9.39 Å². The van der Waals surface area contributed by atoms with Gasteiger partial charge in [0, 0.05) is 11.1 Å². The first-order chi connectivity index (χ1) is 7.61. The maximum atomic E-state index is 11.4. The number of hydrogen-bond acceptors (Lipinski definition) is 2. The number of carbonyl (C=O) groups is 2. The van der Waals surface area contributed by atoms with Crippen LogP contribution in [0.2, 0.25) is 0 Å². The van der Waals surface area contributed by atoms with Crippen LogP contribution in [0.4, 0.5) is 0 Å². The number of hydrogen-bond donors (Lipinski definition) is 0. The average Bonchev–Trinajstić information content (AvgIpc) is 2.27. The van der Waals surface area contributed by atoms with Crippen LogP contribution in [0.15, 0.2) is 36.4 Å². The van der Waals surface area contributed by atoms with E-state index in [9.17, 15) is 9.59 Å². The van der Waals surface area contributed by atoms with Gasteiger partial charge < -0.3 is 0 Å². The largest absolute Gasteiger partial charge is 0.281 e. The molecule has 0 radical (unpaired) electrons. The van der Waals surface area contributed by atoms with Crippen LogP contribution in [0.5, 0.6) is 0 Å². The molecule has 0 unspecified atom stereocenters. The number of carbonyl (C=O) groups excluding carboxylic acids is 2. The molecule has 2 nitrogen and oxygen atoms in total. The van der Waals surface area contributed by atoms with Crippen molar-refractivity contribution in [3.05, 3.63) is 47.5 Å². The van der Waals surface area contributed by atoms with Gasteiger partial charge in [0.1, 0.15) is 0 Å². The number of halogens is 2. The van der Waals surface area contributed by atoms with Gasteiger partial charge in [0.2, 0.25) is 9.39 Å². The van der Waals surface area contributed by atoms with Crippen molar-refractivity contribution in [2.45, 2.75) is 0 Å². The Morgan fingerprint density at radius 2 is 1.12 bits per heavy atom. The zero-order valence-corrected chi connectivity index (χ0v) is 11.2. The zero-order chi connectivity index (χ0) is 11.7. The van der Waals surface area contributed by atoms with Gasteiger partial charge in [0.25, 0.3) is 0 Å². The molecule has 0 spiro atoms. The lowest BCUT2D eigenvalue weighted by Crippen LogP contribution is -1.96. The Balaban J connectivity index is 2.87. The smallest absolute Gasteiger partial charge is 0.228 e. The molecule has 0 amide bonds. The number of benzene rings is 2. The molecule has 80 valence electrons. The van der Waals surface area contributed by atoms with E-state index in [0.717, 1.165) is 10.8 Å². The Kier molecular flexibility index (Phi) is 3.21. The SMILES string of the molecule is O=C(Br)c1ccc(C(=O)Br)c2ccccc12. The predicted octanol–water partition coefficient (Wildman–Crippen LogP) is 3.91. The predicted molar refractivity (Wildman–Crippen MR) is 70.5 cm³/mol. The van der Waals surface area contributed by atoms with Crippen LogP contribution in [0.25, 0.3) is 10.8 Å². The van der Waals surface area contributed by atoms with Gasteiger partial charge in [0.15, 0.2) is 0 Å². The van der Waals surface area contributed by atoms with E-state index in [4.69, 9.17) is 0 Å². The molecule has 2 aromatic carbocycles. The van der Waals surface area contributed by atoms with Crippen LogP contribution < -0.4 is 0 Å². The summed E-state index contributed by atoms with van der Waals surface area (Å²) in [5.74, 6) is 0. The van der Waals surface area contributed by atoms with Crippen molar-refractivity contribution in [2.75, 3.05) is 0 Å². The lowest BCUT2D eigenvalue weighted by atomic mass is 10.0. The number of rotatable bonds is 2. The third kappa shape index (κ3) is 1.95. The zero-order valence-electron chi connectivity index (χ0n) is 8.04. The van der Waals surface area contributed by atoms with Crippen molar-refractivity contribution in [3.8, 4) is 0 Å². The van der Waals surface area contributed by atoms with Gasteiger partial charge in [0.05, 0.1) is 0 Å². The van der Waals surface area contributed by atoms with E-state index >= 15 is 0 Å². The third-order valence-corrected chi connectivity index (χ3v) is 3.20. The summed E-state index contributed by atoms with van der Waals surface area (Å²) < 4.78 is -0.366. The average molecular weight is 342 g/mol. The summed E-state index contributed by atoms with van der Waals surface area (Å²) in [7, 11) is 0. The van der Waals surface area contributed by atoms with Gasteiger partial charge in [-0.15, -0.1) is 0 Å². The molecule has 0 aromatic heterocycles. The fraction of sp³-hybridized carbons (Fsp3) is 0. The van der Waals surface area contributed by atoms with Crippen molar-refractivity contribution >= 4 is 52.0 Å². The van der Waals surface area contributed by atoms with E-state index in [1.54, 1.807) is 12.1 Å². The molecule has 16 heavy (non-hydrogen) atoms. The molecule has 0 saturated heterocycles. The minimum atomic E-state index is -0.183. The summed E-state index contributed by atoms with van der Waals surface area (Å²) in [5, 5.41) is 1.55. The highest BCUT2D eigenvalue weighted by atomic mass is 79.9. The summed E-state index contributed by atoms with van der Waals surface area (Å²) in [4.78, 5) is 22.7. The molecular weight excluding hydrogens is 336 g/mol. The lowest BCUT2D eigenvalue weighted by molar-refractivity contribution is 0.108. The van der Waals surface area contributed by atoms with Gasteiger partial charge in [-0.25, -0.2) is 0 Å². The first-order valence-electron chi connectivity index (χ1n) is 4.52. The Labute approximate surface area is 109 Å². The first-order valence-corrected chi connectivity index (χ1v) is 6.11. The van der Waals surface area contributed by atoms with E-state index in [1.165, 1.54) is 0 Å². The summed E-state index contributed by atoms with van der Waals surface area (Å²) in [6, 6.07) is 10.6. The molecule has 0 aliphatic heterocycles. The fourth-order valence-electron chi connectivity index (χ4n) is 1.64. The Morgan fingerprint density at radius 3 is 1.44 bits per heavy atom. The van der Waals surface area contributed by atoms with E-state index in [-0.39, 0.29) is 9.39 Å². The van der Waals surface area contributed by atoms with Gasteiger partial charge in [-0.3, -0.25) is 9.59 Å². The Bertz CT molecular complexity index is 538. The van der Waals surface area contributed by atoms with Gasteiger partial charge >= 0.3 is 0 Å². The molecule has 2 rings (SSSR count). The van der Waals surface area contributed by atoms with Crippen molar-refractivity contribution in [1.29, 1.82) is 0 Å². The van der Waals surface area contributed by atoms with Crippen LogP contribution in [-0.2, 0) is 0 Å². The Morgan fingerprint density at radius 1 is 0.750 bits per heavy atom. The van der Waals surface area contributed by atoms with Crippen molar-refractivity contribution in [3.63, 3.8) is 0 Å². The second kappa shape index (κ2) is 4.47. The minimum absolute atomic E-state index is 0.183. The molecule has 0 aliphatic rings. The molecule has 0 N–H and O–H groups in total. The van der Waals surface area contributed by atoms with E-state index in [0.29, 0.717) is 11.1 Å². The maximum absolute atomic E-state index is 11.4. The summed E-state index contributed by atoms with van der Waals surface area (Å²) in [6.07, 6.45) is 0. The second-order valence-electron chi connectivity index (χ2n) is 3.25.